The van der Waals surface area contributed by atoms with Crippen molar-refractivity contribution in [3.63, 3.8) is 0 Å². The second kappa shape index (κ2) is 10.4. The van der Waals surface area contributed by atoms with Crippen molar-refractivity contribution in [3.8, 4) is 17.6 Å². The molecule has 174 valence electrons. The molecule has 1 N–H and O–H groups in total. The number of carbonyl (C=O) groups excluding carboxylic acids is 2. The summed E-state index contributed by atoms with van der Waals surface area (Å²) < 4.78 is 37.0. The number of halogens is 1. The highest BCUT2D eigenvalue weighted by atomic mass is 35.5. The average Bonchev–Trinajstić information content (AvgIpc) is 3.28. The zero-order valence-electron chi connectivity index (χ0n) is 17.6. The van der Waals surface area contributed by atoms with Crippen LogP contribution in [0.1, 0.15) is 15.9 Å². The van der Waals surface area contributed by atoms with Crippen molar-refractivity contribution in [1.29, 1.82) is 5.26 Å². The van der Waals surface area contributed by atoms with Crippen LogP contribution in [0.5, 0.6) is 11.5 Å². The quantitative estimate of drug-likeness (QED) is 0.215. The monoisotopic (exact) mass is 518 g/mol. The van der Waals surface area contributed by atoms with E-state index in [9.17, 15) is 23.3 Å². The number of aromatic nitrogens is 2. The van der Waals surface area contributed by atoms with Crippen molar-refractivity contribution < 1.29 is 27.5 Å². The van der Waals surface area contributed by atoms with E-state index < -0.39 is 26.9 Å². The van der Waals surface area contributed by atoms with E-state index in [1.807, 2.05) is 0 Å². The predicted octanol–water partition coefficient (Wildman–Crippen LogP) is 3.37. The molecule has 0 spiro atoms. The highest BCUT2D eigenvalue weighted by molar-refractivity contribution is 7.90. The van der Waals surface area contributed by atoms with Gasteiger partial charge in [-0.2, -0.15) is 14.6 Å². The van der Waals surface area contributed by atoms with Crippen LogP contribution in [-0.4, -0.2) is 43.0 Å². The van der Waals surface area contributed by atoms with Gasteiger partial charge in [0.15, 0.2) is 0 Å². The van der Waals surface area contributed by atoms with Gasteiger partial charge in [-0.05, 0) is 42.0 Å². The summed E-state index contributed by atoms with van der Waals surface area (Å²) in [6.07, 6.45) is 2.19. The second-order valence-electron chi connectivity index (χ2n) is 6.59. The number of ether oxygens (including phenoxy) is 2. The van der Waals surface area contributed by atoms with Crippen molar-refractivity contribution in [2.24, 2.45) is 0 Å². The first-order valence-corrected chi connectivity index (χ1v) is 12.3. The number of nitrogens with zero attached hydrogens (tertiary/aromatic N) is 3. The van der Waals surface area contributed by atoms with Gasteiger partial charge >= 0.3 is 5.97 Å². The van der Waals surface area contributed by atoms with E-state index in [4.69, 9.17) is 21.1 Å². The molecule has 0 bridgehead atoms. The van der Waals surface area contributed by atoms with Crippen LogP contribution in [0.4, 0.5) is 5.13 Å². The maximum Gasteiger partial charge on any atom is 0.343 e. The second-order valence-corrected chi connectivity index (χ2v) is 9.66. The zero-order valence-corrected chi connectivity index (χ0v) is 20.0. The minimum atomic E-state index is -3.63. The lowest BCUT2D eigenvalue weighted by Gasteiger charge is -2.08. The number of hydrogen-bond donors (Lipinski definition) is 1. The van der Waals surface area contributed by atoms with E-state index in [1.54, 1.807) is 24.3 Å². The highest BCUT2D eigenvalue weighted by Gasteiger charge is 2.18. The molecule has 0 aliphatic rings. The first-order valence-electron chi connectivity index (χ1n) is 9.23. The molecule has 34 heavy (non-hydrogen) atoms. The molecule has 0 aliphatic carbocycles. The van der Waals surface area contributed by atoms with Crippen LogP contribution in [0.25, 0.3) is 6.08 Å². The predicted molar refractivity (Wildman–Crippen MR) is 125 cm³/mol. The van der Waals surface area contributed by atoms with Crippen LogP contribution in [0.3, 0.4) is 0 Å². The smallest absolute Gasteiger partial charge is 0.343 e. The molecule has 1 aromatic heterocycles. The van der Waals surface area contributed by atoms with Gasteiger partial charge < -0.3 is 9.47 Å². The van der Waals surface area contributed by atoms with Gasteiger partial charge in [-0.25, -0.2) is 13.2 Å². The van der Waals surface area contributed by atoms with Gasteiger partial charge in [-0.3, -0.25) is 10.1 Å². The molecule has 0 aliphatic heterocycles. The fourth-order valence-electron chi connectivity index (χ4n) is 2.49. The van der Waals surface area contributed by atoms with Gasteiger partial charge in [-0.1, -0.05) is 23.7 Å². The number of amides is 1. The van der Waals surface area contributed by atoms with Crippen LogP contribution in [-0.2, 0) is 14.6 Å². The molecule has 2 aromatic carbocycles. The molecule has 3 rings (SSSR count). The van der Waals surface area contributed by atoms with Crippen LogP contribution < -0.4 is 14.8 Å². The lowest BCUT2D eigenvalue weighted by Crippen LogP contribution is -2.13. The Morgan fingerprint density at radius 1 is 1.24 bits per heavy atom. The van der Waals surface area contributed by atoms with Crippen LogP contribution >= 0.6 is 23.1 Å². The molecule has 0 unspecified atom stereocenters. The molecule has 0 radical (unpaired) electrons. The largest absolute Gasteiger partial charge is 0.497 e. The van der Waals surface area contributed by atoms with Crippen LogP contribution in [0.2, 0.25) is 5.02 Å². The Bertz CT molecular complexity index is 1440. The fraction of sp³-hybridized carbons (Fsp3) is 0.0952. The van der Waals surface area contributed by atoms with E-state index >= 15 is 0 Å². The van der Waals surface area contributed by atoms with Gasteiger partial charge in [0.1, 0.15) is 23.1 Å². The highest BCUT2D eigenvalue weighted by Crippen LogP contribution is 2.28. The van der Waals surface area contributed by atoms with Gasteiger partial charge in [0.2, 0.25) is 15.0 Å². The Hall–Kier alpha value is -3.79. The molecule has 0 saturated carbocycles. The summed E-state index contributed by atoms with van der Waals surface area (Å²) in [6, 6.07) is 12.5. The number of benzene rings is 2. The zero-order chi connectivity index (χ0) is 24.9. The minimum absolute atomic E-state index is 0.0737. The molecule has 0 fully saturated rings. The lowest BCUT2D eigenvalue weighted by atomic mass is 10.1. The number of esters is 1. The number of methoxy groups -OCH3 is 1. The Labute approximate surface area is 203 Å². The van der Waals surface area contributed by atoms with Crippen molar-refractivity contribution in [2.45, 2.75) is 5.16 Å². The van der Waals surface area contributed by atoms with E-state index in [0.717, 1.165) is 6.26 Å². The van der Waals surface area contributed by atoms with Crippen molar-refractivity contribution in [3.05, 3.63) is 64.2 Å². The third kappa shape index (κ3) is 6.16. The Morgan fingerprint density at radius 3 is 2.62 bits per heavy atom. The molecule has 1 heterocycles. The van der Waals surface area contributed by atoms with Crippen LogP contribution in [0, 0.1) is 11.3 Å². The van der Waals surface area contributed by atoms with E-state index in [0.29, 0.717) is 22.8 Å². The van der Waals surface area contributed by atoms with Crippen molar-refractivity contribution in [1.82, 2.24) is 9.36 Å². The van der Waals surface area contributed by atoms with Gasteiger partial charge in [0.25, 0.3) is 11.1 Å². The van der Waals surface area contributed by atoms with Crippen molar-refractivity contribution >= 4 is 56.1 Å². The molecule has 3 aromatic rings. The summed E-state index contributed by atoms with van der Waals surface area (Å²) in [7, 11) is -2.15. The van der Waals surface area contributed by atoms with E-state index in [-0.39, 0.29) is 27.0 Å². The number of anilines is 1. The fourth-order valence-corrected chi connectivity index (χ4v) is 4.16. The van der Waals surface area contributed by atoms with Gasteiger partial charge in [0, 0.05) is 17.8 Å². The van der Waals surface area contributed by atoms with Gasteiger partial charge in [-0.15, -0.1) is 0 Å². The number of nitriles is 1. The third-order valence-electron chi connectivity index (χ3n) is 4.10. The molecular weight excluding hydrogens is 504 g/mol. The lowest BCUT2D eigenvalue weighted by molar-refractivity contribution is -0.112. The number of carbonyl (C=O) groups is 2. The van der Waals surface area contributed by atoms with E-state index in [2.05, 4.69) is 14.7 Å². The summed E-state index contributed by atoms with van der Waals surface area (Å²) in [6.45, 7) is 0. The number of sulfone groups is 1. The molecule has 10 nitrogen and oxygen atoms in total. The number of rotatable bonds is 7. The normalized spacial score (nSPS) is 11.4. The molecule has 0 saturated heterocycles. The first kappa shape index (κ1) is 24.8. The summed E-state index contributed by atoms with van der Waals surface area (Å²) in [5.74, 6) is -0.892. The van der Waals surface area contributed by atoms with Crippen LogP contribution in [0.15, 0.2) is 53.2 Å². The third-order valence-corrected chi connectivity index (χ3v) is 5.99. The molecule has 13 heteroatoms. The first-order chi connectivity index (χ1) is 16.1. The molecule has 1 amide bonds. The summed E-state index contributed by atoms with van der Waals surface area (Å²) in [4.78, 5) is 28.5. The van der Waals surface area contributed by atoms with Crippen molar-refractivity contribution in [2.75, 3.05) is 18.7 Å². The minimum Gasteiger partial charge on any atom is -0.497 e. The van der Waals surface area contributed by atoms with E-state index in [1.165, 1.54) is 37.5 Å². The Balaban J connectivity index is 1.75. The molecule has 0 atom stereocenters. The topological polar surface area (TPSA) is 148 Å². The number of hydrogen-bond acceptors (Lipinski definition) is 10. The average molecular weight is 519 g/mol. The maximum atomic E-state index is 12.4. The summed E-state index contributed by atoms with van der Waals surface area (Å²) in [5, 5.41) is 11.3. The van der Waals surface area contributed by atoms with Gasteiger partial charge in [0.05, 0.1) is 17.7 Å². The SMILES string of the molecule is COc1cccc(C(=O)Oc2ccc(C=C(C#N)C(=O)Nc3nc(S(C)(=O)=O)ns3)cc2Cl)c1. The maximum absolute atomic E-state index is 12.4. The molecular formula is C21H15ClN4O6S2. The summed E-state index contributed by atoms with van der Waals surface area (Å²) in [5.41, 5.74) is 0.346. The summed E-state index contributed by atoms with van der Waals surface area (Å²) >= 11 is 6.88. The Kier molecular flexibility index (Phi) is 7.62. The number of nitrogens with one attached hydrogen (secondary N) is 1. The Morgan fingerprint density at radius 2 is 2.00 bits per heavy atom. The standard InChI is InChI=1S/C21H15ClN4O6S2/c1-31-15-5-3-4-13(10-15)19(28)32-17-7-6-12(9-16(17)22)8-14(11-23)18(27)24-20-25-21(26-33-20)34(2,29)30/h3-10H,1-2H3,(H,24,25,26,27).